The molecular weight excluding hydrogens is 623 g/mol. The summed E-state index contributed by atoms with van der Waals surface area (Å²) in [6.07, 6.45) is 39.8. The Balaban J connectivity index is 3.98. The van der Waals surface area contributed by atoms with Gasteiger partial charge >= 0.3 is 7.82 Å². The average molecular weight is 701 g/mol. The van der Waals surface area contributed by atoms with Crippen LogP contribution < -0.4 is 11.1 Å². The summed E-state index contributed by atoms with van der Waals surface area (Å²) in [6, 6.07) is -0.869. The highest BCUT2D eigenvalue weighted by atomic mass is 31.2. The van der Waals surface area contributed by atoms with E-state index >= 15 is 0 Å². The first kappa shape index (κ1) is 47.0. The number of amides is 1. The molecule has 0 aliphatic carbocycles. The summed E-state index contributed by atoms with van der Waals surface area (Å²) in [7, 11) is -4.33. The van der Waals surface area contributed by atoms with Gasteiger partial charge in [0.15, 0.2) is 0 Å². The van der Waals surface area contributed by atoms with Crippen molar-refractivity contribution in [1.29, 1.82) is 0 Å². The van der Waals surface area contributed by atoms with Gasteiger partial charge in [-0.05, 0) is 25.7 Å². The van der Waals surface area contributed by atoms with Gasteiger partial charge in [-0.25, -0.2) is 4.57 Å². The fourth-order valence-corrected chi connectivity index (χ4v) is 6.50. The maximum absolute atomic E-state index is 12.6. The summed E-state index contributed by atoms with van der Waals surface area (Å²) >= 11 is 0. The Labute approximate surface area is 296 Å². The van der Waals surface area contributed by atoms with E-state index in [1.807, 2.05) is 6.08 Å². The van der Waals surface area contributed by atoms with Crippen LogP contribution in [0, 0.1) is 0 Å². The first-order valence-corrected chi connectivity index (χ1v) is 21.5. The zero-order valence-electron chi connectivity index (χ0n) is 31.2. The maximum atomic E-state index is 12.6. The molecule has 0 aromatic heterocycles. The lowest BCUT2D eigenvalue weighted by molar-refractivity contribution is -0.123. The van der Waals surface area contributed by atoms with Gasteiger partial charge in [0.2, 0.25) is 5.91 Å². The Morgan fingerprint density at radius 1 is 0.667 bits per heavy atom. The summed E-state index contributed by atoms with van der Waals surface area (Å²) in [5.74, 6) is -0.206. The first-order chi connectivity index (χ1) is 23.4. The van der Waals surface area contributed by atoms with E-state index in [0.29, 0.717) is 6.42 Å². The van der Waals surface area contributed by atoms with Crippen LogP contribution in [0.3, 0.4) is 0 Å². The number of carbonyl (C=O) groups excluding carboxylic acids is 1. The predicted octanol–water partition coefficient (Wildman–Crippen LogP) is 10.6. The molecule has 0 aromatic rings. The number of nitrogens with one attached hydrogen (secondary N) is 1. The van der Waals surface area contributed by atoms with Crippen LogP contribution in [0.5, 0.6) is 0 Å². The number of rotatable bonds is 37. The number of hydrogen-bond acceptors (Lipinski definition) is 6. The van der Waals surface area contributed by atoms with E-state index in [9.17, 15) is 19.4 Å². The number of aliphatic hydroxyl groups is 1. The highest BCUT2D eigenvalue weighted by Gasteiger charge is 2.26. The zero-order chi connectivity index (χ0) is 35.4. The van der Waals surface area contributed by atoms with Crippen LogP contribution in [-0.4, -0.2) is 47.8 Å². The van der Waals surface area contributed by atoms with Crippen molar-refractivity contribution in [3.63, 3.8) is 0 Å². The molecule has 0 rings (SSSR count). The van der Waals surface area contributed by atoms with Gasteiger partial charge in [-0.3, -0.25) is 13.8 Å². The number of carbonyl (C=O) groups is 1. The fourth-order valence-electron chi connectivity index (χ4n) is 5.74. The molecule has 0 aliphatic rings. The minimum Gasteiger partial charge on any atom is -0.387 e. The molecule has 0 saturated carbocycles. The second-order valence-corrected chi connectivity index (χ2v) is 14.9. The Morgan fingerprint density at radius 3 is 1.56 bits per heavy atom. The summed E-state index contributed by atoms with van der Waals surface area (Å²) < 4.78 is 21.9. The van der Waals surface area contributed by atoms with E-state index in [-0.39, 0.29) is 25.7 Å². The van der Waals surface area contributed by atoms with Gasteiger partial charge in [0.05, 0.1) is 25.4 Å². The standard InChI is InChI=1S/C39H77N2O6P/c1-3-5-7-9-11-12-13-14-15-16-17-18-19-20-21-22-23-24-25-27-29-31-33-39(43)41-37(36-47-48(44,45)46-35-34-40)38(42)32-30-28-26-10-8-6-4-2/h8,10,30,32,37-38,42H,3-7,9,11-29,31,33-36,40H2,1-2H3,(H,41,43)(H,44,45)/b10-8+,32-30+. The lowest BCUT2D eigenvalue weighted by atomic mass is 10.0. The molecule has 3 atom stereocenters. The molecule has 0 fully saturated rings. The van der Waals surface area contributed by atoms with E-state index in [1.165, 1.54) is 122 Å². The Bertz CT molecular complexity index is 809. The fraction of sp³-hybridized carbons (Fsp3) is 0.872. The first-order valence-electron chi connectivity index (χ1n) is 20.0. The van der Waals surface area contributed by atoms with Crippen LogP contribution in [0.15, 0.2) is 24.3 Å². The van der Waals surface area contributed by atoms with Crippen LogP contribution in [-0.2, 0) is 18.4 Å². The molecule has 0 saturated heterocycles. The highest BCUT2D eigenvalue weighted by molar-refractivity contribution is 7.47. The molecule has 0 bridgehead atoms. The third-order valence-electron chi connectivity index (χ3n) is 8.76. The maximum Gasteiger partial charge on any atom is 0.472 e. The molecule has 0 heterocycles. The molecule has 5 N–H and O–H groups in total. The Hall–Kier alpha value is -1.02. The summed E-state index contributed by atoms with van der Waals surface area (Å²) in [4.78, 5) is 22.5. The molecule has 0 radical (unpaired) electrons. The van der Waals surface area contributed by atoms with E-state index in [2.05, 4.69) is 31.3 Å². The summed E-state index contributed by atoms with van der Waals surface area (Å²) in [5, 5.41) is 13.5. The quantitative estimate of drug-likeness (QED) is 0.0288. The molecule has 0 aliphatic heterocycles. The normalized spacial score (nSPS) is 14.5. The van der Waals surface area contributed by atoms with Gasteiger partial charge < -0.3 is 21.1 Å². The molecule has 48 heavy (non-hydrogen) atoms. The van der Waals surface area contributed by atoms with Gasteiger partial charge in [0.25, 0.3) is 0 Å². The van der Waals surface area contributed by atoms with Crippen LogP contribution in [0.25, 0.3) is 0 Å². The number of aliphatic hydroxyl groups excluding tert-OH is 1. The lowest BCUT2D eigenvalue weighted by Gasteiger charge is -2.23. The number of phosphoric ester groups is 1. The average Bonchev–Trinajstić information content (AvgIpc) is 3.07. The number of hydrogen-bond donors (Lipinski definition) is 4. The van der Waals surface area contributed by atoms with Crippen molar-refractivity contribution in [1.82, 2.24) is 5.32 Å². The van der Waals surface area contributed by atoms with Crippen molar-refractivity contribution in [2.24, 2.45) is 5.73 Å². The third kappa shape index (κ3) is 33.5. The highest BCUT2D eigenvalue weighted by Crippen LogP contribution is 2.43. The van der Waals surface area contributed by atoms with Gasteiger partial charge in [0.1, 0.15) is 0 Å². The second-order valence-electron chi connectivity index (χ2n) is 13.5. The molecule has 8 nitrogen and oxygen atoms in total. The third-order valence-corrected chi connectivity index (χ3v) is 9.75. The van der Waals surface area contributed by atoms with Gasteiger partial charge in [0, 0.05) is 13.0 Å². The molecule has 9 heteroatoms. The van der Waals surface area contributed by atoms with E-state index in [4.69, 9.17) is 14.8 Å². The Kier molecular flexibility index (Phi) is 35.0. The molecule has 0 aromatic carbocycles. The predicted molar refractivity (Wildman–Crippen MR) is 203 cm³/mol. The largest absolute Gasteiger partial charge is 0.472 e. The molecule has 0 spiro atoms. The van der Waals surface area contributed by atoms with Crippen molar-refractivity contribution >= 4 is 13.7 Å². The molecule has 284 valence electrons. The van der Waals surface area contributed by atoms with E-state index in [0.717, 1.165) is 44.9 Å². The monoisotopic (exact) mass is 701 g/mol. The summed E-state index contributed by atoms with van der Waals surface area (Å²) in [6.45, 7) is 4.01. The second kappa shape index (κ2) is 35.8. The van der Waals surface area contributed by atoms with Crippen LogP contribution in [0.1, 0.15) is 187 Å². The smallest absolute Gasteiger partial charge is 0.387 e. The molecule has 1 amide bonds. The minimum atomic E-state index is -4.33. The van der Waals surface area contributed by atoms with Crippen molar-refractivity contribution in [3.05, 3.63) is 24.3 Å². The van der Waals surface area contributed by atoms with Crippen molar-refractivity contribution < 1.29 is 28.4 Å². The lowest BCUT2D eigenvalue weighted by Crippen LogP contribution is -2.45. The SMILES string of the molecule is CCC/C=C/CC/C=C/C(O)C(COP(=O)(O)OCCN)NC(=O)CCCCCCCCCCCCCCCCCCCCCCCC. The van der Waals surface area contributed by atoms with Crippen LogP contribution in [0.4, 0.5) is 0 Å². The van der Waals surface area contributed by atoms with Crippen LogP contribution >= 0.6 is 7.82 Å². The molecule has 3 unspecified atom stereocenters. The van der Waals surface area contributed by atoms with Gasteiger partial charge in [-0.15, -0.1) is 0 Å². The van der Waals surface area contributed by atoms with Gasteiger partial charge in [-0.2, -0.15) is 0 Å². The van der Waals surface area contributed by atoms with Gasteiger partial charge in [-0.1, -0.05) is 179 Å². The molecular formula is C39H77N2O6P. The number of nitrogens with two attached hydrogens (primary N) is 1. The van der Waals surface area contributed by atoms with Crippen molar-refractivity contribution in [2.75, 3.05) is 19.8 Å². The van der Waals surface area contributed by atoms with Crippen molar-refractivity contribution in [2.45, 2.75) is 199 Å². The van der Waals surface area contributed by atoms with Crippen molar-refractivity contribution in [3.8, 4) is 0 Å². The Morgan fingerprint density at radius 2 is 1.10 bits per heavy atom. The van der Waals surface area contributed by atoms with Crippen LogP contribution in [0.2, 0.25) is 0 Å². The summed E-state index contributed by atoms with van der Waals surface area (Å²) in [5.41, 5.74) is 5.34. The topological polar surface area (TPSA) is 131 Å². The minimum absolute atomic E-state index is 0.0751. The zero-order valence-corrected chi connectivity index (χ0v) is 32.1. The number of allylic oxidation sites excluding steroid dienone is 3. The van der Waals surface area contributed by atoms with E-state index in [1.54, 1.807) is 6.08 Å². The number of phosphoric acid groups is 1. The number of unbranched alkanes of at least 4 members (excludes halogenated alkanes) is 23. The van der Waals surface area contributed by atoms with E-state index < -0.39 is 20.0 Å².